The van der Waals surface area contributed by atoms with E-state index in [0.29, 0.717) is 23.1 Å². The lowest BCUT2D eigenvalue weighted by atomic mass is 10.1. The van der Waals surface area contributed by atoms with Crippen LogP contribution in [0.15, 0.2) is 35.3 Å². The average Bonchev–Trinajstić information content (AvgIpc) is 3.46. The molecule has 3 rings (SSSR count). The van der Waals surface area contributed by atoms with Gasteiger partial charge in [0.25, 0.3) is 5.91 Å². The Morgan fingerprint density at radius 1 is 1.38 bits per heavy atom. The van der Waals surface area contributed by atoms with Crippen LogP contribution in [-0.2, 0) is 16.1 Å². The van der Waals surface area contributed by atoms with Crippen LogP contribution in [0.2, 0.25) is 0 Å². The zero-order chi connectivity index (χ0) is 23.3. The van der Waals surface area contributed by atoms with E-state index in [1.54, 1.807) is 31.3 Å². The predicted octanol–water partition coefficient (Wildman–Crippen LogP) is 3.57. The van der Waals surface area contributed by atoms with Gasteiger partial charge in [-0.05, 0) is 30.9 Å². The lowest BCUT2D eigenvalue weighted by Crippen LogP contribution is -2.17. The summed E-state index contributed by atoms with van der Waals surface area (Å²) in [6.07, 6.45) is 1.73. The Balaban J connectivity index is 1.77. The molecular weight excluding hydrogens is 470 g/mol. The Morgan fingerprint density at radius 2 is 2.16 bits per heavy atom. The van der Waals surface area contributed by atoms with E-state index in [0.717, 1.165) is 16.2 Å². The number of allylic oxidation sites excluding steroid dienone is 1. The van der Waals surface area contributed by atoms with Gasteiger partial charge in [0.2, 0.25) is 5.91 Å². The second-order valence-corrected chi connectivity index (χ2v) is 9.28. The molecule has 168 valence electrons. The number of amides is 2. The molecule has 3 heterocycles. The zero-order valence-electron chi connectivity index (χ0n) is 17.4. The molecule has 9 nitrogen and oxygen atoms in total. The van der Waals surface area contributed by atoms with Crippen molar-refractivity contribution < 1.29 is 19.1 Å². The fourth-order valence-electron chi connectivity index (χ4n) is 2.86. The number of nitrogens with two attached hydrogens (primary N) is 1. The highest BCUT2D eigenvalue weighted by Crippen LogP contribution is 2.34. The van der Waals surface area contributed by atoms with E-state index in [9.17, 15) is 14.4 Å². The first-order valence-corrected chi connectivity index (χ1v) is 12.2. The van der Waals surface area contributed by atoms with Crippen LogP contribution in [0.5, 0.6) is 0 Å². The van der Waals surface area contributed by atoms with Crippen molar-refractivity contribution >= 4 is 57.2 Å². The monoisotopic (exact) mass is 491 g/mol. The molecule has 0 aliphatic carbocycles. The van der Waals surface area contributed by atoms with Crippen LogP contribution in [-0.4, -0.2) is 44.9 Å². The van der Waals surface area contributed by atoms with Crippen LogP contribution in [0.4, 0.5) is 5.00 Å². The summed E-state index contributed by atoms with van der Waals surface area (Å²) < 4.78 is 6.94. The third kappa shape index (κ3) is 5.09. The lowest BCUT2D eigenvalue weighted by molar-refractivity contribution is -0.113. The third-order valence-electron chi connectivity index (χ3n) is 4.21. The number of carbonyl (C=O) groups is 3. The average molecular weight is 492 g/mol. The molecule has 3 aromatic heterocycles. The quantitative estimate of drug-likeness (QED) is 0.252. The van der Waals surface area contributed by atoms with Crippen LogP contribution < -0.4 is 11.1 Å². The second-order valence-electron chi connectivity index (χ2n) is 6.36. The van der Waals surface area contributed by atoms with Gasteiger partial charge in [0.05, 0.1) is 27.7 Å². The van der Waals surface area contributed by atoms with Crippen molar-refractivity contribution in [1.29, 1.82) is 0 Å². The third-order valence-corrected chi connectivity index (χ3v) is 7.26. The number of hydrogen-bond donors (Lipinski definition) is 2. The maximum atomic E-state index is 12.6. The van der Waals surface area contributed by atoms with Gasteiger partial charge in [-0.25, -0.2) is 4.79 Å². The van der Waals surface area contributed by atoms with Crippen LogP contribution in [0, 0.1) is 6.92 Å². The van der Waals surface area contributed by atoms with Crippen molar-refractivity contribution in [2.24, 2.45) is 5.73 Å². The molecule has 0 unspecified atom stereocenters. The summed E-state index contributed by atoms with van der Waals surface area (Å²) >= 11 is 3.70. The van der Waals surface area contributed by atoms with Gasteiger partial charge in [-0.15, -0.1) is 39.4 Å². The Labute approximate surface area is 196 Å². The molecule has 0 fully saturated rings. The smallest absolute Gasteiger partial charge is 0.341 e. The predicted molar refractivity (Wildman–Crippen MR) is 126 cm³/mol. The first kappa shape index (κ1) is 23.7. The zero-order valence-corrected chi connectivity index (χ0v) is 19.9. The van der Waals surface area contributed by atoms with E-state index >= 15 is 0 Å². The number of rotatable bonds is 10. The molecule has 0 aromatic carbocycles. The molecule has 0 aliphatic rings. The van der Waals surface area contributed by atoms with Gasteiger partial charge in [0, 0.05) is 6.54 Å². The Morgan fingerprint density at radius 3 is 2.78 bits per heavy atom. The lowest BCUT2D eigenvalue weighted by Gasteiger charge is -2.08. The largest absolute Gasteiger partial charge is 0.462 e. The molecule has 12 heteroatoms. The number of carbonyl (C=O) groups excluding carboxylic acids is 3. The second kappa shape index (κ2) is 10.6. The van der Waals surface area contributed by atoms with E-state index in [2.05, 4.69) is 22.1 Å². The number of thioether (sulfide) groups is 1. The molecule has 3 aromatic rings. The van der Waals surface area contributed by atoms with Gasteiger partial charge in [-0.3, -0.25) is 14.2 Å². The minimum Gasteiger partial charge on any atom is -0.462 e. The number of anilines is 1. The van der Waals surface area contributed by atoms with Crippen molar-refractivity contribution in [3.8, 4) is 10.7 Å². The molecule has 32 heavy (non-hydrogen) atoms. The number of ether oxygens (including phenoxy) is 1. The van der Waals surface area contributed by atoms with E-state index in [-0.39, 0.29) is 33.7 Å². The Bertz CT molecular complexity index is 1150. The number of hydrogen-bond acceptors (Lipinski definition) is 9. The van der Waals surface area contributed by atoms with Crippen LogP contribution >= 0.6 is 34.4 Å². The molecule has 0 spiro atoms. The van der Waals surface area contributed by atoms with Gasteiger partial charge >= 0.3 is 5.97 Å². The molecule has 0 aliphatic heterocycles. The van der Waals surface area contributed by atoms with E-state index in [1.807, 2.05) is 22.1 Å². The SMILES string of the molecule is C=CCn1c(SCC(=O)Nc2sc(C(N)=O)c(C)c2C(=O)OCC)nnc1-c1cccs1. The molecule has 0 saturated carbocycles. The van der Waals surface area contributed by atoms with Crippen LogP contribution in [0.3, 0.4) is 0 Å². The van der Waals surface area contributed by atoms with Crippen molar-refractivity contribution in [1.82, 2.24) is 14.8 Å². The highest BCUT2D eigenvalue weighted by atomic mass is 32.2. The summed E-state index contributed by atoms with van der Waals surface area (Å²) in [6.45, 7) is 7.69. The molecule has 0 radical (unpaired) electrons. The molecule has 0 atom stereocenters. The minimum atomic E-state index is -0.674. The fourth-order valence-corrected chi connectivity index (χ4v) is 5.38. The first-order valence-electron chi connectivity index (χ1n) is 9.48. The molecule has 2 amide bonds. The first-order chi connectivity index (χ1) is 15.4. The minimum absolute atomic E-state index is 0.0187. The maximum absolute atomic E-state index is 12.6. The molecule has 0 bridgehead atoms. The summed E-state index contributed by atoms with van der Waals surface area (Å²) in [5.74, 6) is -0.948. The van der Waals surface area contributed by atoms with Crippen molar-refractivity contribution in [3.63, 3.8) is 0 Å². The van der Waals surface area contributed by atoms with E-state index in [4.69, 9.17) is 10.5 Å². The van der Waals surface area contributed by atoms with Gasteiger partial charge < -0.3 is 15.8 Å². The van der Waals surface area contributed by atoms with Crippen molar-refractivity contribution in [3.05, 3.63) is 46.2 Å². The summed E-state index contributed by atoms with van der Waals surface area (Å²) in [7, 11) is 0. The highest BCUT2D eigenvalue weighted by molar-refractivity contribution is 7.99. The number of esters is 1. The summed E-state index contributed by atoms with van der Waals surface area (Å²) in [4.78, 5) is 37.9. The number of primary amides is 1. The van der Waals surface area contributed by atoms with Gasteiger partial charge in [0.1, 0.15) is 5.00 Å². The summed E-state index contributed by atoms with van der Waals surface area (Å²) in [5, 5.41) is 13.9. The number of thiophene rings is 2. The molecular formula is C20H21N5O4S3. The molecule has 0 saturated heterocycles. The van der Waals surface area contributed by atoms with Gasteiger partial charge in [-0.2, -0.15) is 0 Å². The van der Waals surface area contributed by atoms with Gasteiger partial charge in [0.15, 0.2) is 11.0 Å². The fraction of sp³-hybridized carbons (Fsp3) is 0.250. The number of nitrogens with one attached hydrogen (secondary N) is 1. The molecule has 3 N–H and O–H groups in total. The van der Waals surface area contributed by atoms with E-state index in [1.165, 1.54) is 11.8 Å². The Hall–Kier alpha value is -2.96. The standard InChI is InChI=1S/C20H21N5O4S3/c1-4-8-25-17(12-7-6-9-30-12)23-24-20(25)31-10-13(26)22-18-14(19(28)29-5-2)11(3)15(32-18)16(21)27/h4,6-7,9H,1,5,8,10H2,2-3H3,(H2,21,27)(H,22,26). The number of nitrogens with zero attached hydrogens (tertiary/aromatic N) is 3. The highest BCUT2D eigenvalue weighted by Gasteiger charge is 2.26. The van der Waals surface area contributed by atoms with Crippen molar-refractivity contribution in [2.45, 2.75) is 25.5 Å². The van der Waals surface area contributed by atoms with Crippen LogP contribution in [0.25, 0.3) is 10.7 Å². The van der Waals surface area contributed by atoms with Gasteiger partial charge in [-0.1, -0.05) is 23.9 Å². The summed E-state index contributed by atoms with van der Waals surface area (Å²) in [6, 6.07) is 3.87. The topological polar surface area (TPSA) is 129 Å². The number of aromatic nitrogens is 3. The van der Waals surface area contributed by atoms with Crippen molar-refractivity contribution in [2.75, 3.05) is 17.7 Å². The summed E-state index contributed by atoms with van der Waals surface area (Å²) in [5.41, 5.74) is 5.92. The normalized spacial score (nSPS) is 10.7. The maximum Gasteiger partial charge on any atom is 0.341 e. The van der Waals surface area contributed by atoms with Crippen LogP contribution in [0.1, 0.15) is 32.5 Å². The van der Waals surface area contributed by atoms with E-state index < -0.39 is 11.9 Å². The Kier molecular flexibility index (Phi) is 7.83.